The average Bonchev–Trinajstić information content (AvgIpc) is 2.87. The van der Waals surface area contributed by atoms with Crippen LogP contribution in [0.4, 0.5) is 11.4 Å². The molecule has 0 atom stereocenters. The molecule has 0 fully saturated rings. The maximum Gasteiger partial charge on any atom is 0.338 e. The Kier molecular flexibility index (Phi) is 5.20. The lowest BCUT2D eigenvalue weighted by molar-refractivity contribution is -0.383. The zero-order valence-corrected chi connectivity index (χ0v) is 14.4. The highest BCUT2D eigenvalue weighted by Crippen LogP contribution is 2.23. The highest BCUT2D eigenvalue weighted by Gasteiger charge is 2.22. The SMILES string of the molecule is CC(=O)c1c(C)[nH]c(C(=O)COC(=O)c2ccc(N)c([N+](=O)[O-])c2)c1C. The monoisotopic (exact) mass is 359 g/mol. The van der Waals surface area contributed by atoms with Crippen LogP contribution >= 0.6 is 0 Å². The van der Waals surface area contributed by atoms with Gasteiger partial charge in [-0.05, 0) is 38.5 Å². The van der Waals surface area contributed by atoms with Crippen molar-refractivity contribution in [3.63, 3.8) is 0 Å². The number of aromatic nitrogens is 1. The zero-order valence-electron chi connectivity index (χ0n) is 14.4. The molecule has 9 nitrogen and oxygen atoms in total. The van der Waals surface area contributed by atoms with E-state index in [1.54, 1.807) is 13.8 Å². The number of hydrogen-bond donors (Lipinski definition) is 2. The molecular weight excluding hydrogens is 342 g/mol. The Balaban J connectivity index is 2.14. The first-order valence-corrected chi connectivity index (χ1v) is 7.57. The number of nitrogens with one attached hydrogen (secondary N) is 1. The Morgan fingerprint density at radius 3 is 2.46 bits per heavy atom. The number of nitrogen functional groups attached to an aromatic ring is 1. The molecule has 2 rings (SSSR count). The van der Waals surface area contributed by atoms with Crippen LogP contribution in [0, 0.1) is 24.0 Å². The van der Waals surface area contributed by atoms with Gasteiger partial charge in [-0.1, -0.05) is 0 Å². The number of benzene rings is 1. The molecule has 0 amide bonds. The first-order valence-electron chi connectivity index (χ1n) is 7.57. The van der Waals surface area contributed by atoms with Crippen molar-refractivity contribution in [3.05, 3.63) is 56.4 Å². The number of aromatic amines is 1. The summed E-state index contributed by atoms with van der Waals surface area (Å²) in [5.74, 6) is -1.59. The number of aryl methyl sites for hydroxylation is 1. The van der Waals surface area contributed by atoms with Crippen LogP contribution < -0.4 is 5.73 Å². The van der Waals surface area contributed by atoms with E-state index in [0.29, 0.717) is 16.8 Å². The quantitative estimate of drug-likeness (QED) is 0.265. The van der Waals surface area contributed by atoms with Gasteiger partial charge in [0.25, 0.3) is 5.69 Å². The smallest absolute Gasteiger partial charge is 0.338 e. The molecule has 0 radical (unpaired) electrons. The van der Waals surface area contributed by atoms with E-state index in [1.165, 1.54) is 19.1 Å². The number of nitrogens with two attached hydrogens (primary N) is 1. The second-order valence-corrected chi connectivity index (χ2v) is 5.71. The third-order valence-electron chi connectivity index (χ3n) is 3.87. The van der Waals surface area contributed by atoms with E-state index in [-0.39, 0.29) is 22.7 Å². The maximum atomic E-state index is 12.3. The molecule has 0 aliphatic heterocycles. The van der Waals surface area contributed by atoms with Gasteiger partial charge < -0.3 is 15.5 Å². The van der Waals surface area contributed by atoms with E-state index >= 15 is 0 Å². The van der Waals surface area contributed by atoms with Gasteiger partial charge in [-0.25, -0.2) is 4.79 Å². The summed E-state index contributed by atoms with van der Waals surface area (Å²) in [6, 6.07) is 3.47. The molecule has 0 saturated carbocycles. The summed E-state index contributed by atoms with van der Waals surface area (Å²) >= 11 is 0. The van der Waals surface area contributed by atoms with Crippen molar-refractivity contribution < 1.29 is 24.0 Å². The number of ketones is 2. The Morgan fingerprint density at radius 2 is 1.92 bits per heavy atom. The summed E-state index contributed by atoms with van der Waals surface area (Å²) in [5.41, 5.74) is 6.51. The van der Waals surface area contributed by atoms with Gasteiger partial charge in [0, 0.05) is 17.3 Å². The summed E-state index contributed by atoms with van der Waals surface area (Å²) in [4.78, 5) is 48.9. The normalized spacial score (nSPS) is 10.4. The summed E-state index contributed by atoms with van der Waals surface area (Å²) in [5, 5.41) is 10.9. The van der Waals surface area contributed by atoms with Crippen molar-refractivity contribution in [1.82, 2.24) is 4.98 Å². The predicted octanol–water partition coefficient (Wildman–Crippen LogP) is 2.36. The van der Waals surface area contributed by atoms with E-state index in [9.17, 15) is 24.5 Å². The van der Waals surface area contributed by atoms with E-state index in [0.717, 1.165) is 6.07 Å². The van der Waals surface area contributed by atoms with Crippen LogP contribution in [0.2, 0.25) is 0 Å². The molecule has 1 heterocycles. The molecule has 1 aromatic carbocycles. The number of hydrogen-bond acceptors (Lipinski definition) is 7. The first kappa shape index (κ1) is 18.8. The molecular formula is C17H17N3O6. The largest absolute Gasteiger partial charge is 0.454 e. The van der Waals surface area contributed by atoms with Crippen LogP contribution in [-0.2, 0) is 4.74 Å². The number of carbonyl (C=O) groups excluding carboxylic acids is 3. The van der Waals surface area contributed by atoms with Crippen LogP contribution in [0.5, 0.6) is 0 Å². The molecule has 136 valence electrons. The number of esters is 1. The number of nitro benzene ring substituents is 1. The van der Waals surface area contributed by atoms with Crippen molar-refractivity contribution in [2.75, 3.05) is 12.3 Å². The minimum Gasteiger partial charge on any atom is -0.454 e. The van der Waals surface area contributed by atoms with Gasteiger partial charge >= 0.3 is 5.97 Å². The Labute approximate surface area is 148 Å². The average molecular weight is 359 g/mol. The van der Waals surface area contributed by atoms with Crippen LogP contribution in [0.3, 0.4) is 0 Å². The minimum absolute atomic E-state index is 0.0862. The fourth-order valence-corrected chi connectivity index (χ4v) is 2.67. The number of ether oxygens (including phenoxy) is 1. The molecule has 2 aromatic rings. The van der Waals surface area contributed by atoms with Gasteiger partial charge in [0.15, 0.2) is 12.4 Å². The Bertz CT molecular complexity index is 929. The third-order valence-corrected chi connectivity index (χ3v) is 3.87. The molecule has 0 saturated heterocycles. The number of carbonyl (C=O) groups is 3. The van der Waals surface area contributed by atoms with Crippen LogP contribution in [0.15, 0.2) is 18.2 Å². The molecule has 0 spiro atoms. The van der Waals surface area contributed by atoms with Crippen molar-refractivity contribution in [2.24, 2.45) is 0 Å². The predicted molar refractivity (Wildman–Crippen MR) is 92.4 cm³/mol. The highest BCUT2D eigenvalue weighted by atomic mass is 16.6. The number of rotatable bonds is 6. The molecule has 1 aromatic heterocycles. The minimum atomic E-state index is -0.894. The lowest BCUT2D eigenvalue weighted by atomic mass is 10.1. The van der Waals surface area contributed by atoms with Gasteiger partial charge in [0.2, 0.25) is 5.78 Å². The van der Waals surface area contributed by atoms with Crippen molar-refractivity contribution in [1.29, 1.82) is 0 Å². The van der Waals surface area contributed by atoms with Crippen LogP contribution in [-0.4, -0.2) is 34.0 Å². The van der Waals surface area contributed by atoms with Gasteiger partial charge in [-0.2, -0.15) is 0 Å². The third kappa shape index (κ3) is 3.61. The van der Waals surface area contributed by atoms with Gasteiger partial charge in [0.1, 0.15) is 5.69 Å². The number of nitro groups is 1. The standard InChI is InChI=1S/C17H17N3O6/c1-8-15(10(3)21)9(2)19-16(8)14(22)7-26-17(23)11-4-5-12(18)13(6-11)20(24)25/h4-6,19H,7,18H2,1-3H3. The van der Waals surface area contributed by atoms with Crippen LogP contribution in [0.1, 0.15) is 49.4 Å². The fourth-order valence-electron chi connectivity index (χ4n) is 2.67. The van der Waals surface area contributed by atoms with E-state index in [4.69, 9.17) is 10.5 Å². The lowest BCUT2D eigenvalue weighted by Crippen LogP contribution is -2.16. The van der Waals surface area contributed by atoms with Gasteiger partial charge in [-0.3, -0.25) is 19.7 Å². The van der Waals surface area contributed by atoms with E-state index in [1.807, 2.05) is 0 Å². The molecule has 3 N–H and O–H groups in total. The highest BCUT2D eigenvalue weighted by molar-refractivity contribution is 6.04. The molecule has 0 aliphatic carbocycles. The summed E-state index contributed by atoms with van der Waals surface area (Å²) in [6.07, 6.45) is 0. The zero-order chi connectivity index (χ0) is 19.6. The second kappa shape index (κ2) is 7.18. The Hall–Kier alpha value is -3.49. The fraction of sp³-hybridized carbons (Fsp3) is 0.235. The summed E-state index contributed by atoms with van der Waals surface area (Å²) in [7, 11) is 0. The number of anilines is 1. The Morgan fingerprint density at radius 1 is 1.27 bits per heavy atom. The van der Waals surface area contributed by atoms with Crippen molar-refractivity contribution >= 4 is 28.9 Å². The molecule has 26 heavy (non-hydrogen) atoms. The molecule has 0 unspecified atom stereocenters. The first-order chi connectivity index (χ1) is 12.1. The number of H-pyrrole nitrogens is 1. The van der Waals surface area contributed by atoms with Crippen molar-refractivity contribution in [3.8, 4) is 0 Å². The maximum absolute atomic E-state index is 12.3. The van der Waals surface area contributed by atoms with Crippen LogP contribution in [0.25, 0.3) is 0 Å². The summed E-state index contributed by atoms with van der Waals surface area (Å²) in [6.45, 7) is 4.11. The number of nitrogens with zero attached hydrogens (tertiary/aromatic N) is 1. The molecule has 9 heteroatoms. The second-order valence-electron chi connectivity index (χ2n) is 5.71. The topological polar surface area (TPSA) is 145 Å². The van der Waals surface area contributed by atoms with Gasteiger partial charge in [-0.15, -0.1) is 0 Å². The molecule has 0 aliphatic rings. The van der Waals surface area contributed by atoms with Crippen molar-refractivity contribution in [2.45, 2.75) is 20.8 Å². The van der Waals surface area contributed by atoms with E-state index < -0.39 is 29.0 Å². The molecule has 0 bridgehead atoms. The van der Waals surface area contributed by atoms with E-state index in [2.05, 4.69) is 4.98 Å². The van der Waals surface area contributed by atoms with Gasteiger partial charge in [0.05, 0.1) is 16.2 Å². The number of Topliss-reactive ketones (excluding diaryl/α,β-unsaturated/α-hetero) is 2. The summed E-state index contributed by atoms with van der Waals surface area (Å²) < 4.78 is 4.93. The lowest BCUT2D eigenvalue weighted by Gasteiger charge is -2.05.